The summed E-state index contributed by atoms with van der Waals surface area (Å²) in [5, 5.41) is 6.73. The van der Waals surface area contributed by atoms with E-state index in [0.717, 1.165) is 47.4 Å². The van der Waals surface area contributed by atoms with E-state index in [1.807, 2.05) is 19.1 Å². The molecule has 2 aromatic rings. The molecule has 136 valence electrons. The van der Waals surface area contributed by atoms with Gasteiger partial charge in [0.1, 0.15) is 11.5 Å². The third-order valence-corrected chi connectivity index (χ3v) is 4.37. The van der Waals surface area contributed by atoms with Crippen LogP contribution in [-0.4, -0.2) is 26.0 Å². The van der Waals surface area contributed by atoms with Gasteiger partial charge in [-0.1, -0.05) is 5.16 Å². The number of hydrogen-bond acceptors (Lipinski definition) is 5. The van der Waals surface area contributed by atoms with Crippen LogP contribution in [0.3, 0.4) is 0 Å². The summed E-state index contributed by atoms with van der Waals surface area (Å²) in [6, 6.07) is 11.1. The van der Waals surface area contributed by atoms with Crippen molar-refractivity contribution < 1.29 is 19.1 Å². The van der Waals surface area contributed by atoms with Gasteiger partial charge in [0.25, 0.3) is 0 Å². The van der Waals surface area contributed by atoms with E-state index in [4.69, 9.17) is 14.3 Å². The summed E-state index contributed by atoms with van der Waals surface area (Å²) in [7, 11) is 3.26. The lowest BCUT2D eigenvalue weighted by molar-refractivity contribution is 0.166. The Morgan fingerprint density at radius 1 is 1.08 bits per heavy atom. The topological polar surface area (TPSA) is 69.2 Å². The zero-order valence-corrected chi connectivity index (χ0v) is 15.2. The summed E-state index contributed by atoms with van der Waals surface area (Å²) < 4.78 is 10.5. The highest BCUT2D eigenvalue weighted by Crippen LogP contribution is 2.29. The number of ether oxygens (including phenoxy) is 2. The predicted octanol–water partition coefficient (Wildman–Crippen LogP) is 4.30. The average molecular weight is 354 g/mol. The number of carbonyl (C=O) groups is 1. The summed E-state index contributed by atoms with van der Waals surface area (Å²) in [6.45, 7) is 1.99. The highest BCUT2D eigenvalue weighted by molar-refractivity contribution is 6.03. The van der Waals surface area contributed by atoms with Crippen molar-refractivity contribution in [2.45, 2.75) is 26.2 Å². The van der Waals surface area contributed by atoms with Gasteiger partial charge in [0.2, 0.25) is 0 Å². The first kappa shape index (κ1) is 17.8. The van der Waals surface area contributed by atoms with E-state index in [1.54, 1.807) is 38.5 Å². The normalized spacial score (nSPS) is 14.5. The lowest BCUT2D eigenvalue weighted by atomic mass is 9.88. The number of amides is 1. The lowest BCUT2D eigenvalue weighted by Gasteiger charge is -2.19. The van der Waals surface area contributed by atoms with Gasteiger partial charge in [-0.15, -0.1) is 0 Å². The second-order valence-electron chi connectivity index (χ2n) is 6.10. The molecule has 1 N–H and O–H groups in total. The number of oxime groups is 1. The van der Waals surface area contributed by atoms with Gasteiger partial charge in [0.05, 0.1) is 19.9 Å². The Bertz CT molecular complexity index is 828. The van der Waals surface area contributed by atoms with Gasteiger partial charge in [0, 0.05) is 11.3 Å². The van der Waals surface area contributed by atoms with Crippen molar-refractivity contribution in [3.8, 4) is 11.5 Å². The van der Waals surface area contributed by atoms with Crippen LogP contribution in [0.2, 0.25) is 0 Å². The molecule has 1 aliphatic carbocycles. The van der Waals surface area contributed by atoms with Crippen LogP contribution in [0.4, 0.5) is 10.5 Å². The number of hydrogen-bond donors (Lipinski definition) is 1. The van der Waals surface area contributed by atoms with Gasteiger partial charge < -0.3 is 9.47 Å². The molecule has 6 nitrogen and oxygen atoms in total. The molecule has 0 spiro atoms. The molecule has 0 aliphatic heterocycles. The van der Waals surface area contributed by atoms with Crippen LogP contribution in [0.25, 0.3) is 0 Å². The molecular formula is C20H22N2O4. The number of nitrogens with one attached hydrogen (secondary N) is 1. The average Bonchev–Trinajstić information content (AvgIpc) is 2.66. The predicted molar refractivity (Wildman–Crippen MR) is 100 cm³/mol. The molecule has 0 radical (unpaired) electrons. The third kappa shape index (κ3) is 3.96. The molecule has 0 atom stereocenters. The molecule has 0 heterocycles. The highest BCUT2D eigenvalue weighted by atomic mass is 16.7. The van der Waals surface area contributed by atoms with Gasteiger partial charge in [-0.25, -0.2) is 4.79 Å². The van der Waals surface area contributed by atoms with Crippen LogP contribution in [0.5, 0.6) is 11.5 Å². The summed E-state index contributed by atoms with van der Waals surface area (Å²) in [4.78, 5) is 17.1. The second-order valence-corrected chi connectivity index (χ2v) is 6.10. The van der Waals surface area contributed by atoms with Crippen molar-refractivity contribution in [3.63, 3.8) is 0 Å². The van der Waals surface area contributed by atoms with Crippen LogP contribution >= 0.6 is 0 Å². The SMILES string of the molecule is COc1ccc(NC(=O)O/N=C2\CCCc3cc(OC)c(C)cc32)cc1. The monoisotopic (exact) mass is 354 g/mol. The second kappa shape index (κ2) is 7.91. The minimum atomic E-state index is -0.625. The molecule has 3 rings (SSSR count). The van der Waals surface area contributed by atoms with Crippen molar-refractivity contribution in [1.29, 1.82) is 0 Å². The summed E-state index contributed by atoms with van der Waals surface area (Å²) >= 11 is 0. The van der Waals surface area contributed by atoms with Gasteiger partial charge in [-0.05, 0) is 73.7 Å². The van der Waals surface area contributed by atoms with Crippen LogP contribution in [-0.2, 0) is 11.3 Å². The zero-order valence-electron chi connectivity index (χ0n) is 15.2. The van der Waals surface area contributed by atoms with Gasteiger partial charge in [-0.3, -0.25) is 10.2 Å². The van der Waals surface area contributed by atoms with Gasteiger partial charge in [-0.2, -0.15) is 0 Å². The molecule has 0 saturated heterocycles. The highest BCUT2D eigenvalue weighted by Gasteiger charge is 2.19. The first-order chi connectivity index (χ1) is 12.6. The summed E-state index contributed by atoms with van der Waals surface area (Å²) in [5.41, 5.74) is 4.61. The fourth-order valence-corrected chi connectivity index (χ4v) is 3.01. The standard InChI is InChI=1S/C20H22N2O4/c1-13-11-17-14(12-19(13)25-3)5-4-6-18(17)22-26-20(23)21-15-7-9-16(24-2)10-8-15/h7-12H,4-6H2,1-3H3,(H,21,23)/b22-18+. The molecule has 0 saturated carbocycles. The van der Waals surface area contributed by atoms with Crippen molar-refractivity contribution in [1.82, 2.24) is 0 Å². The number of aryl methyl sites for hydroxylation is 2. The molecule has 2 aromatic carbocycles. The molecule has 1 amide bonds. The molecule has 0 bridgehead atoms. The van der Waals surface area contributed by atoms with E-state index in [1.165, 1.54) is 0 Å². The van der Waals surface area contributed by atoms with Crippen LogP contribution in [0, 0.1) is 6.92 Å². The number of fused-ring (bicyclic) bond motifs is 1. The Morgan fingerprint density at radius 3 is 2.54 bits per heavy atom. The first-order valence-corrected chi connectivity index (χ1v) is 8.47. The molecular weight excluding hydrogens is 332 g/mol. The molecule has 26 heavy (non-hydrogen) atoms. The third-order valence-electron chi connectivity index (χ3n) is 4.37. The molecule has 1 aliphatic rings. The number of rotatable bonds is 4. The molecule has 6 heteroatoms. The fourth-order valence-electron chi connectivity index (χ4n) is 3.01. The maximum atomic E-state index is 12.0. The Morgan fingerprint density at radius 2 is 1.85 bits per heavy atom. The van der Waals surface area contributed by atoms with E-state index in [2.05, 4.69) is 10.5 Å². The maximum absolute atomic E-state index is 12.0. The van der Waals surface area contributed by atoms with Crippen LogP contribution in [0.15, 0.2) is 41.6 Å². The number of anilines is 1. The summed E-state index contributed by atoms with van der Waals surface area (Å²) in [6.07, 6.45) is 2.07. The van der Waals surface area contributed by atoms with E-state index in [-0.39, 0.29) is 0 Å². The Hall–Kier alpha value is -3.02. The minimum absolute atomic E-state index is 0.612. The smallest absolute Gasteiger partial charge is 0.437 e. The minimum Gasteiger partial charge on any atom is -0.497 e. The van der Waals surface area contributed by atoms with Gasteiger partial charge >= 0.3 is 6.09 Å². The molecule has 0 aromatic heterocycles. The van der Waals surface area contributed by atoms with Crippen molar-refractivity contribution in [3.05, 3.63) is 53.1 Å². The molecule has 0 unspecified atom stereocenters. The zero-order chi connectivity index (χ0) is 18.5. The van der Waals surface area contributed by atoms with E-state index in [9.17, 15) is 4.79 Å². The number of nitrogens with zero attached hydrogens (tertiary/aromatic N) is 1. The lowest BCUT2D eigenvalue weighted by Crippen LogP contribution is -2.16. The largest absolute Gasteiger partial charge is 0.497 e. The van der Waals surface area contributed by atoms with Crippen molar-refractivity contribution in [2.24, 2.45) is 5.16 Å². The molecule has 0 fully saturated rings. The van der Waals surface area contributed by atoms with Gasteiger partial charge in [0.15, 0.2) is 0 Å². The van der Waals surface area contributed by atoms with Crippen LogP contribution in [0.1, 0.15) is 29.5 Å². The van der Waals surface area contributed by atoms with E-state index >= 15 is 0 Å². The maximum Gasteiger partial charge on any atom is 0.437 e. The number of methoxy groups -OCH3 is 2. The van der Waals surface area contributed by atoms with Crippen molar-refractivity contribution in [2.75, 3.05) is 19.5 Å². The number of carbonyl (C=O) groups excluding carboxylic acids is 1. The quantitative estimate of drug-likeness (QED) is 0.656. The van der Waals surface area contributed by atoms with E-state index in [0.29, 0.717) is 11.4 Å². The van der Waals surface area contributed by atoms with E-state index < -0.39 is 6.09 Å². The first-order valence-electron chi connectivity index (χ1n) is 8.47. The summed E-state index contributed by atoms with van der Waals surface area (Å²) in [5.74, 6) is 1.58. The Kier molecular flexibility index (Phi) is 5.41. The fraction of sp³-hybridized carbons (Fsp3) is 0.300. The van der Waals surface area contributed by atoms with Crippen molar-refractivity contribution >= 4 is 17.5 Å². The Labute approximate surface area is 152 Å². The Balaban J connectivity index is 1.71. The van der Waals surface area contributed by atoms with Crippen LogP contribution < -0.4 is 14.8 Å². The number of benzene rings is 2.